The average molecular weight is 395 g/mol. The van der Waals surface area contributed by atoms with Gasteiger partial charge in [-0.2, -0.15) is 0 Å². The number of benzene rings is 1. The lowest BCUT2D eigenvalue weighted by atomic mass is 9.97. The Balaban J connectivity index is 1.49. The molecule has 0 bridgehead atoms. The summed E-state index contributed by atoms with van der Waals surface area (Å²) >= 11 is 1.61. The number of thiazole rings is 1. The number of aromatic nitrogens is 3. The number of nitrogens with zero attached hydrogens (tertiary/aromatic N) is 3. The van der Waals surface area contributed by atoms with Crippen LogP contribution in [-0.4, -0.2) is 26.9 Å². The van der Waals surface area contributed by atoms with Crippen molar-refractivity contribution in [2.75, 3.05) is 16.0 Å². The molecule has 3 aromatic rings. The minimum Gasteiger partial charge on any atom is -0.362 e. The summed E-state index contributed by atoms with van der Waals surface area (Å²) in [6.07, 6.45) is 2.40. The van der Waals surface area contributed by atoms with Gasteiger partial charge in [-0.25, -0.2) is 15.0 Å². The summed E-state index contributed by atoms with van der Waals surface area (Å²) in [6.45, 7) is 4.63. The number of fused-ring (bicyclic) bond motifs is 1. The number of carbonyl (C=O) groups excluding carboxylic acids is 1. The first-order valence-corrected chi connectivity index (χ1v) is 10.2. The summed E-state index contributed by atoms with van der Waals surface area (Å²) in [5.41, 5.74) is 2.61. The molecule has 0 saturated heterocycles. The third-order valence-corrected chi connectivity index (χ3v) is 5.83. The lowest BCUT2D eigenvalue weighted by Crippen LogP contribution is -2.43. The number of nitrogens with one attached hydrogen (secondary N) is 3. The fraction of sp³-hybridized carbons (Fsp3) is 0.300. The third-order valence-electron chi connectivity index (χ3n) is 4.89. The van der Waals surface area contributed by atoms with E-state index >= 15 is 0 Å². The zero-order valence-electron chi connectivity index (χ0n) is 15.8. The van der Waals surface area contributed by atoms with E-state index in [1.54, 1.807) is 11.3 Å². The van der Waals surface area contributed by atoms with E-state index < -0.39 is 0 Å². The van der Waals surface area contributed by atoms with Crippen LogP contribution in [0.2, 0.25) is 0 Å². The predicted octanol–water partition coefficient (Wildman–Crippen LogP) is 3.99. The van der Waals surface area contributed by atoms with Crippen LogP contribution in [0.15, 0.2) is 42.0 Å². The molecule has 2 unspecified atom stereocenters. The van der Waals surface area contributed by atoms with Gasteiger partial charge in [0.15, 0.2) is 11.6 Å². The molecule has 2 atom stereocenters. The van der Waals surface area contributed by atoms with E-state index in [9.17, 15) is 4.79 Å². The van der Waals surface area contributed by atoms with E-state index in [1.807, 2.05) is 35.7 Å². The molecule has 1 aliphatic heterocycles. The summed E-state index contributed by atoms with van der Waals surface area (Å²) in [7, 11) is 0. The summed E-state index contributed by atoms with van der Waals surface area (Å²) in [6, 6.07) is 9.81. The van der Waals surface area contributed by atoms with Crippen LogP contribution in [0.25, 0.3) is 10.6 Å². The van der Waals surface area contributed by atoms with Crippen molar-refractivity contribution in [2.45, 2.75) is 32.9 Å². The summed E-state index contributed by atoms with van der Waals surface area (Å²) in [5, 5.41) is 12.5. The van der Waals surface area contributed by atoms with E-state index in [0.29, 0.717) is 23.9 Å². The molecule has 3 heterocycles. The second-order valence-electron chi connectivity index (χ2n) is 6.81. The smallest absolute Gasteiger partial charge is 0.247 e. The van der Waals surface area contributed by atoms with Gasteiger partial charge in [-0.1, -0.05) is 50.6 Å². The normalized spacial score (nSPS) is 16.6. The minimum absolute atomic E-state index is 0.0558. The van der Waals surface area contributed by atoms with Crippen LogP contribution in [0, 0.1) is 5.92 Å². The monoisotopic (exact) mass is 394 g/mol. The second-order valence-corrected chi connectivity index (χ2v) is 7.66. The molecular weight excluding hydrogens is 372 g/mol. The highest BCUT2D eigenvalue weighted by atomic mass is 32.1. The van der Waals surface area contributed by atoms with Crippen LogP contribution in [-0.2, 0) is 11.3 Å². The van der Waals surface area contributed by atoms with Gasteiger partial charge in [-0.05, 0) is 5.92 Å². The van der Waals surface area contributed by atoms with Gasteiger partial charge in [-0.15, -0.1) is 11.3 Å². The largest absolute Gasteiger partial charge is 0.362 e. The van der Waals surface area contributed by atoms with Crippen LogP contribution >= 0.6 is 11.3 Å². The zero-order valence-corrected chi connectivity index (χ0v) is 16.6. The van der Waals surface area contributed by atoms with E-state index in [1.165, 1.54) is 6.33 Å². The van der Waals surface area contributed by atoms with E-state index in [0.717, 1.165) is 22.7 Å². The van der Waals surface area contributed by atoms with E-state index in [-0.39, 0.29) is 17.9 Å². The molecule has 3 N–H and O–H groups in total. The van der Waals surface area contributed by atoms with E-state index in [4.69, 9.17) is 0 Å². The fourth-order valence-corrected chi connectivity index (χ4v) is 3.90. The van der Waals surface area contributed by atoms with Gasteiger partial charge in [0.2, 0.25) is 5.91 Å². The van der Waals surface area contributed by atoms with Crippen LogP contribution in [0.1, 0.15) is 26.0 Å². The maximum absolute atomic E-state index is 12.5. The van der Waals surface area contributed by atoms with Gasteiger partial charge in [0, 0.05) is 10.9 Å². The van der Waals surface area contributed by atoms with E-state index in [2.05, 4.69) is 44.7 Å². The van der Waals surface area contributed by atoms with Crippen molar-refractivity contribution in [3.05, 3.63) is 47.7 Å². The van der Waals surface area contributed by atoms with Crippen LogP contribution in [0.5, 0.6) is 0 Å². The predicted molar refractivity (Wildman–Crippen MR) is 112 cm³/mol. The van der Waals surface area contributed by atoms with Gasteiger partial charge < -0.3 is 16.0 Å². The van der Waals surface area contributed by atoms with Crippen molar-refractivity contribution in [3.63, 3.8) is 0 Å². The Morgan fingerprint density at radius 1 is 1.25 bits per heavy atom. The topological polar surface area (TPSA) is 91.8 Å². The number of carbonyl (C=O) groups is 1. The van der Waals surface area contributed by atoms with Crippen LogP contribution in [0.4, 0.5) is 17.3 Å². The maximum Gasteiger partial charge on any atom is 0.247 e. The Morgan fingerprint density at radius 2 is 2.07 bits per heavy atom. The molecule has 4 rings (SSSR count). The Labute approximate surface area is 167 Å². The van der Waals surface area contributed by atoms with Crippen molar-refractivity contribution < 1.29 is 4.79 Å². The second kappa shape index (κ2) is 7.93. The SMILES string of the molecule is CCC(C)C1Nc2ncnc(NCc3csc(-c4ccccc4)n3)c2NC1=O. The highest BCUT2D eigenvalue weighted by molar-refractivity contribution is 7.13. The molecule has 0 fully saturated rings. The van der Waals surface area contributed by atoms with Gasteiger partial charge in [0.05, 0.1) is 12.2 Å². The zero-order chi connectivity index (χ0) is 19.5. The van der Waals surface area contributed by atoms with Gasteiger partial charge in [0.1, 0.15) is 23.1 Å². The van der Waals surface area contributed by atoms with Crippen molar-refractivity contribution in [3.8, 4) is 10.6 Å². The Bertz CT molecular complexity index is 974. The molecule has 28 heavy (non-hydrogen) atoms. The van der Waals surface area contributed by atoms with Crippen LogP contribution in [0.3, 0.4) is 0 Å². The Hall–Kier alpha value is -3.00. The summed E-state index contributed by atoms with van der Waals surface area (Å²) in [4.78, 5) is 25.7. The van der Waals surface area contributed by atoms with Crippen molar-refractivity contribution in [2.24, 2.45) is 5.92 Å². The number of hydrogen-bond acceptors (Lipinski definition) is 7. The maximum atomic E-state index is 12.5. The van der Waals surface area contributed by atoms with Crippen molar-refractivity contribution >= 4 is 34.6 Å². The molecule has 8 heteroatoms. The molecule has 7 nitrogen and oxygen atoms in total. The standard InChI is InChI=1S/C20H22N6OS/c1-3-12(2)15-19(27)26-16-17(22-11-23-18(16)25-15)21-9-14-10-28-20(24-14)13-7-5-4-6-8-13/h4-8,10-12,15H,3,9H2,1-2H3,(H,26,27)(H2,21,22,23,25). The van der Waals surface area contributed by atoms with Crippen molar-refractivity contribution in [1.82, 2.24) is 15.0 Å². The first kappa shape index (κ1) is 18.4. The first-order chi connectivity index (χ1) is 13.7. The van der Waals surface area contributed by atoms with Gasteiger partial charge >= 0.3 is 0 Å². The van der Waals surface area contributed by atoms with Crippen LogP contribution < -0.4 is 16.0 Å². The molecule has 0 spiro atoms. The van der Waals surface area contributed by atoms with Gasteiger partial charge in [0.25, 0.3) is 0 Å². The molecule has 1 aliphatic rings. The highest BCUT2D eigenvalue weighted by Crippen LogP contribution is 2.32. The highest BCUT2D eigenvalue weighted by Gasteiger charge is 2.31. The molecule has 144 valence electrons. The average Bonchev–Trinajstić information content (AvgIpc) is 3.21. The fourth-order valence-electron chi connectivity index (χ4n) is 3.07. The number of hydrogen-bond donors (Lipinski definition) is 3. The molecule has 1 aromatic carbocycles. The third kappa shape index (κ3) is 3.68. The number of anilines is 3. The summed E-state index contributed by atoms with van der Waals surface area (Å²) < 4.78 is 0. The molecule has 0 saturated carbocycles. The number of rotatable bonds is 6. The van der Waals surface area contributed by atoms with Crippen molar-refractivity contribution in [1.29, 1.82) is 0 Å². The minimum atomic E-state index is -0.285. The molecular formula is C20H22N6OS. The quantitative estimate of drug-likeness (QED) is 0.585. The molecule has 2 aromatic heterocycles. The summed E-state index contributed by atoms with van der Waals surface area (Å²) in [5.74, 6) is 1.39. The first-order valence-electron chi connectivity index (χ1n) is 9.31. The Morgan fingerprint density at radius 3 is 2.86 bits per heavy atom. The molecule has 1 amide bonds. The lowest BCUT2D eigenvalue weighted by Gasteiger charge is -2.30. The lowest BCUT2D eigenvalue weighted by molar-refractivity contribution is -0.118. The van der Waals surface area contributed by atoms with Gasteiger partial charge in [-0.3, -0.25) is 4.79 Å². The number of amides is 1. The molecule has 0 aliphatic carbocycles. The Kier molecular flexibility index (Phi) is 5.21. The molecule has 0 radical (unpaired) electrons.